The number of nitrogen functional groups attached to an aromatic ring is 1. The van der Waals surface area contributed by atoms with Crippen molar-refractivity contribution in [3.05, 3.63) is 29.3 Å². The third kappa shape index (κ3) is 2.03. The number of hydrogen-bond donors (Lipinski definition) is 2. The summed E-state index contributed by atoms with van der Waals surface area (Å²) in [7, 11) is 0. The van der Waals surface area contributed by atoms with Crippen LogP contribution in [-0.4, -0.2) is 35.8 Å². The minimum absolute atomic E-state index is 0.000651. The first-order valence-corrected chi connectivity index (χ1v) is 7.03. The summed E-state index contributed by atoms with van der Waals surface area (Å²) in [6, 6.07) is 5.34. The Labute approximate surface area is 118 Å². The number of nitrogens with two attached hydrogens (primary N) is 1. The van der Waals surface area contributed by atoms with Crippen LogP contribution in [0.3, 0.4) is 0 Å². The van der Waals surface area contributed by atoms with Gasteiger partial charge in [-0.2, -0.15) is 0 Å². The number of nitrogens with one attached hydrogen (secondary N) is 1. The van der Waals surface area contributed by atoms with Crippen LogP contribution in [0, 0.1) is 12.8 Å². The van der Waals surface area contributed by atoms with Crippen molar-refractivity contribution < 1.29 is 9.59 Å². The van der Waals surface area contributed by atoms with Crippen LogP contribution in [0.25, 0.3) is 0 Å². The Hall–Kier alpha value is -2.04. The molecule has 2 atom stereocenters. The monoisotopic (exact) mass is 273 g/mol. The van der Waals surface area contributed by atoms with E-state index in [2.05, 4.69) is 5.32 Å². The average molecular weight is 273 g/mol. The third-order valence-electron chi connectivity index (χ3n) is 4.34. The number of rotatable bonds is 1. The first-order chi connectivity index (χ1) is 9.58. The molecule has 20 heavy (non-hydrogen) atoms. The summed E-state index contributed by atoms with van der Waals surface area (Å²) in [6.45, 7) is 3.19. The van der Waals surface area contributed by atoms with Crippen LogP contribution in [0.15, 0.2) is 18.2 Å². The van der Waals surface area contributed by atoms with E-state index in [4.69, 9.17) is 5.73 Å². The van der Waals surface area contributed by atoms with Gasteiger partial charge < -0.3 is 16.0 Å². The third-order valence-corrected chi connectivity index (χ3v) is 4.34. The molecule has 0 spiro atoms. The van der Waals surface area contributed by atoms with Crippen LogP contribution in [-0.2, 0) is 4.79 Å². The maximum absolute atomic E-state index is 12.7. The Morgan fingerprint density at radius 3 is 3.00 bits per heavy atom. The molecule has 3 rings (SSSR count). The number of hydrogen-bond acceptors (Lipinski definition) is 3. The molecule has 2 aliphatic heterocycles. The number of carbonyl (C=O) groups is 2. The molecule has 2 unspecified atom stereocenters. The van der Waals surface area contributed by atoms with E-state index in [1.54, 1.807) is 12.1 Å². The first-order valence-electron chi connectivity index (χ1n) is 7.03. The lowest BCUT2D eigenvalue weighted by molar-refractivity contribution is -0.123. The number of likely N-dealkylation sites (tertiary alicyclic amines) is 1. The van der Waals surface area contributed by atoms with Gasteiger partial charge in [0.1, 0.15) is 0 Å². The number of carbonyl (C=O) groups excluding carboxylic acids is 2. The van der Waals surface area contributed by atoms with Crippen molar-refractivity contribution >= 4 is 17.5 Å². The number of aryl methyl sites for hydroxylation is 1. The number of benzene rings is 1. The molecule has 5 nitrogen and oxygen atoms in total. The Balaban J connectivity index is 1.88. The van der Waals surface area contributed by atoms with Gasteiger partial charge >= 0.3 is 0 Å². The Morgan fingerprint density at radius 1 is 1.45 bits per heavy atom. The molecule has 106 valence electrons. The zero-order valence-electron chi connectivity index (χ0n) is 11.6. The average Bonchev–Trinajstić information content (AvgIpc) is 2.80. The zero-order chi connectivity index (χ0) is 14.3. The standard InChI is InChI=1S/C15H19N3O2/c1-9-7-10(16)4-5-11(9)15(20)18-6-2-3-12-13(18)8-17-14(12)19/h4-5,7,12-13H,2-3,6,8,16H2,1H3,(H,17,19). The van der Waals surface area contributed by atoms with Crippen molar-refractivity contribution in [2.45, 2.75) is 25.8 Å². The molecule has 2 aliphatic rings. The second-order valence-corrected chi connectivity index (χ2v) is 5.63. The molecule has 1 aromatic rings. The fourth-order valence-electron chi connectivity index (χ4n) is 3.29. The number of nitrogens with zero attached hydrogens (tertiary/aromatic N) is 1. The molecular formula is C15H19N3O2. The molecule has 0 bridgehead atoms. The van der Waals surface area contributed by atoms with E-state index in [1.807, 2.05) is 17.9 Å². The quantitative estimate of drug-likeness (QED) is 0.747. The van der Waals surface area contributed by atoms with Gasteiger partial charge in [0.25, 0.3) is 5.91 Å². The van der Waals surface area contributed by atoms with Gasteiger partial charge in [-0.1, -0.05) is 0 Å². The van der Waals surface area contributed by atoms with Gasteiger partial charge in [0.05, 0.1) is 12.0 Å². The first kappa shape index (κ1) is 13.0. The number of fused-ring (bicyclic) bond motifs is 1. The molecule has 1 aromatic carbocycles. The topological polar surface area (TPSA) is 75.4 Å². The van der Waals surface area contributed by atoms with Crippen LogP contribution >= 0.6 is 0 Å². The highest BCUT2D eigenvalue weighted by atomic mass is 16.2. The summed E-state index contributed by atoms with van der Waals surface area (Å²) in [4.78, 5) is 26.3. The maximum atomic E-state index is 12.7. The summed E-state index contributed by atoms with van der Waals surface area (Å²) < 4.78 is 0. The minimum atomic E-state index is -0.0400. The fourth-order valence-corrected chi connectivity index (χ4v) is 3.29. The smallest absolute Gasteiger partial charge is 0.254 e. The second-order valence-electron chi connectivity index (χ2n) is 5.63. The summed E-state index contributed by atoms with van der Waals surface area (Å²) in [5, 5.41) is 2.87. The molecule has 0 aromatic heterocycles. The summed E-state index contributed by atoms with van der Waals surface area (Å²) >= 11 is 0. The van der Waals surface area contributed by atoms with Crippen molar-refractivity contribution in [1.29, 1.82) is 0 Å². The predicted octanol–water partition coefficient (Wildman–Crippen LogP) is 0.928. The summed E-state index contributed by atoms with van der Waals surface area (Å²) in [6.07, 6.45) is 1.76. The van der Waals surface area contributed by atoms with E-state index in [1.165, 1.54) is 0 Å². The van der Waals surface area contributed by atoms with Gasteiger partial charge in [0.2, 0.25) is 5.91 Å². The van der Waals surface area contributed by atoms with Gasteiger partial charge in [-0.25, -0.2) is 0 Å². The molecule has 2 fully saturated rings. The van der Waals surface area contributed by atoms with E-state index in [-0.39, 0.29) is 23.8 Å². The SMILES string of the molecule is Cc1cc(N)ccc1C(=O)N1CCCC2C(=O)NCC21. The van der Waals surface area contributed by atoms with Crippen molar-refractivity contribution in [3.63, 3.8) is 0 Å². The van der Waals surface area contributed by atoms with Crippen molar-refractivity contribution in [1.82, 2.24) is 10.2 Å². The molecule has 0 radical (unpaired) electrons. The van der Waals surface area contributed by atoms with Gasteiger partial charge in [0, 0.05) is 24.3 Å². The normalized spacial score (nSPS) is 25.2. The molecule has 0 saturated carbocycles. The second kappa shape index (κ2) is 4.81. The largest absolute Gasteiger partial charge is 0.399 e. The summed E-state index contributed by atoms with van der Waals surface area (Å²) in [5.74, 6) is 0.0528. The van der Waals surface area contributed by atoms with Crippen molar-refractivity contribution in [3.8, 4) is 0 Å². The maximum Gasteiger partial charge on any atom is 0.254 e. The Kier molecular flexibility index (Phi) is 3.12. The van der Waals surface area contributed by atoms with Gasteiger partial charge in [-0.15, -0.1) is 0 Å². The van der Waals surface area contributed by atoms with E-state index >= 15 is 0 Å². The van der Waals surface area contributed by atoms with Gasteiger partial charge in [-0.05, 0) is 43.5 Å². The molecule has 2 heterocycles. The lowest BCUT2D eigenvalue weighted by Gasteiger charge is -2.36. The molecular weight excluding hydrogens is 254 g/mol. The van der Waals surface area contributed by atoms with Crippen LogP contribution in [0.2, 0.25) is 0 Å². The van der Waals surface area contributed by atoms with E-state index < -0.39 is 0 Å². The van der Waals surface area contributed by atoms with Gasteiger partial charge in [-0.3, -0.25) is 9.59 Å². The van der Waals surface area contributed by atoms with E-state index in [0.717, 1.165) is 24.9 Å². The minimum Gasteiger partial charge on any atom is -0.399 e. The summed E-state index contributed by atoms with van der Waals surface area (Å²) in [5.41, 5.74) is 7.95. The van der Waals surface area contributed by atoms with E-state index in [0.29, 0.717) is 17.8 Å². The molecule has 2 saturated heterocycles. The molecule has 3 N–H and O–H groups in total. The van der Waals surface area contributed by atoms with Crippen LogP contribution < -0.4 is 11.1 Å². The molecule has 5 heteroatoms. The highest BCUT2D eigenvalue weighted by Crippen LogP contribution is 2.29. The van der Waals surface area contributed by atoms with Crippen molar-refractivity contribution in [2.75, 3.05) is 18.8 Å². The lowest BCUT2D eigenvalue weighted by atomic mass is 9.90. The zero-order valence-corrected chi connectivity index (χ0v) is 11.6. The highest BCUT2D eigenvalue weighted by molar-refractivity contribution is 5.97. The van der Waals surface area contributed by atoms with Crippen LogP contribution in [0.1, 0.15) is 28.8 Å². The number of piperidine rings is 1. The lowest BCUT2D eigenvalue weighted by Crippen LogP contribution is -2.48. The van der Waals surface area contributed by atoms with Crippen molar-refractivity contribution in [2.24, 2.45) is 5.92 Å². The molecule has 2 amide bonds. The van der Waals surface area contributed by atoms with E-state index in [9.17, 15) is 9.59 Å². The fraction of sp³-hybridized carbons (Fsp3) is 0.467. The van der Waals surface area contributed by atoms with Gasteiger partial charge in [0.15, 0.2) is 0 Å². The Bertz CT molecular complexity index is 570. The molecule has 0 aliphatic carbocycles. The highest BCUT2D eigenvalue weighted by Gasteiger charge is 2.42. The number of anilines is 1. The Morgan fingerprint density at radius 2 is 2.25 bits per heavy atom. The van der Waals surface area contributed by atoms with Crippen LogP contribution in [0.5, 0.6) is 0 Å². The number of amides is 2. The van der Waals surface area contributed by atoms with Crippen LogP contribution in [0.4, 0.5) is 5.69 Å². The predicted molar refractivity (Wildman–Crippen MR) is 76.1 cm³/mol.